The maximum absolute atomic E-state index is 12.3. The summed E-state index contributed by atoms with van der Waals surface area (Å²) >= 11 is 0. The molecule has 10 atom stereocenters. The first-order chi connectivity index (χ1) is 16.7. The van der Waals surface area contributed by atoms with E-state index >= 15 is 0 Å². The standard InChI is InChI=1S/C23H42O12/c1-2-3-4-5-6-7-8-9-10-15(26)34-21-17(28)14(12-25)33-23(20(21)31)35-22-19(30)18(29)16(27)13(11-24)32-22/h13-14,16-25,27-31H,2-12H2,1H3/t13-,14-,16-,17-,18+,19-,20-,21+,22-,23-/m1/s1. The van der Waals surface area contributed by atoms with Gasteiger partial charge in [-0.25, -0.2) is 0 Å². The Hall–Kier alpha value is -0.930. The molecular weight excluding hydrogens is 468 g/mol. The summed E-state index contributed by atoms with van der Waals surface area (Å²) in [5.41, 5.74) is 0. The highest BCUT2D eigenvalue weighted by Gasteiger charge is 2.51. The minimum Gasteiger partial charge on any atom is -0.456 e. The lowest BCUT2D eigenvalue weighted by Crippen LogP contribution is -2.64. The number of unbranched alkanes of at least 4 members (excludes halogenated alkanes) is 7. The highest BCUT2D eigenvalue weighted by atomic mass is 16.8. The van der Waals surface area contributed by atoms with E-state index in [1.807, 2.05) is 0 Å². The third-order valence-electron chi connectivity index (χ3n) is 6.44. The monoisotopic (exact) mass is 510 g/mol. The molecule has 2 fully saturated rings. The van der Waals surface area contributed by atoms with Crippen molar-refractivity contribution in [2.75, 3.05) is 13.2 Å². The van der Waals surface area contributed by atoms with Crippen LogP contribution in [0.5, 0.6) is 0 Å². The van der Waals surface area contributed by atoms with Gasteiger partial charge in [0.1, 0.15) is 42.7 Å². The van der Waals surface area contributed by atoms with Gasteiger partial charge < -0.3 is 54.7 Å². The van der Waals surface area contributed by atoms with E-state index in [4.69, 9.17) is 18.9 Å². The largest absolute Gasteiger partial charge is 0.456 e. The van der Waals surface area contributed by atoms with Gasteiger partial charge in [-0.3, -0.25) is 4.79 Å². The molecule has 206 valence electrons. The number of aliphatic hydroxyl groups is 7. The predicted molar refractivity (Wildman–Crippen MR) is 120 cm³/mol. The van der Waals surface area contributed by atoms with Crippen molar-refractivity contribution in [2.45, 2.75) is 126 Å². The molecule has 0 aromatic carbocycles. The third-order valence-corrected chi connectivity index (χ3v) is 6.44. The first kappa shape index (κ1) is 30.3. The molecule has 0 amide bonds. The molecule has 0 saturated carbocycles. The van der Waals surface area contributed by atoms with Crippen LogP contribution in [0.1, 0.15) is 64.7 Å². The Labute approximate surface area is 205 Å². The van der Waals surface area contributed by atoms with E-state index < -0.39 is 80.6 Å². The van der Waals surface area contributed by atoms with Crippen LogP contribution in [-0.2, 0) is 23.7 Å². The van der Waals surface area contributed by atoms with Gasteiger partial charge in [0, 0.05) is 6.42 Å². The molecule has 2 saturated heterocycles. The van der Waals surface area contributed by atoms with Crippen molar-refractivity contribution in [1.82, 2.24) is 0 Å². The number of esters is 1. The number of hydrogen-bond donors (Lipinski definition) is 7. The summed E-state index contributed by atoms with van der Waals surface area (Å²) in [7, 11) is 0. The number of carbonyl (C=O) groups is 1. The van der Waals surface area contributed by atoms with Crippen molar-refractivity contribution < 1.29 is 59.5 Å². The molecule has 0 aliphatic carbocycles. The summed E-state index contributed by atoms with van der Waals surface area (Å²) in [6, 6.07) is 0. The number of aliphatic hydroxyl groups excluding tert-OH is 7. The van der Waals surface area contributed by atoms with Gasteiger partial charge in [0.2, 0.25) is 0 Å². The van der Waals surface area contributed by atoms with E-state index in [1.54, 1.807) is 0 Å². The molecule has 7 N–H and O–H groups in total. The van der Waals surface area contributed by atoms with Gasteiger partial charge in [-0.2, -0.15) is 0 Å². The fourth-order valence-corrected chi connectivity index (χ4v) is 4.23. The van der Waals surface area contributed by atoms with Crippen molar-refractivity contribution in [3.05, 3.63) is 0 Å². The zero-order valence-corrected chi connectivity index (χ0v) is 20.2. The average Bonchev–Trinajstić information content (AvgIpc) is 2.85. The molecule has 35 heavy (non-hydrogen) atoms. The molecule has 0 spiro atoms. The third kappa shape index (κ3) is 8.56. The van der Waals surface area contributed by atoms with Gasteiger partial charge in [-0.1, -0.05) is 51.9 Å². The Morgan fingerprint density at radius 3 is 1.77 bits per heavy atom. The lowest BCUT2D eigenvalue weighted by Gasteiger charge is -2.45. The van der Waals surface area contributed by atoms with E-state index in [0.29, 0.717) is 6.42 Å². The number of rotatable bonds is 14. The van der Waals surface area contributed by atoms with Gasteiger partial charge in [0.25, 0.3) is 0 Å². The molecule has 0 radical (unpaired) electrons. The topological polar surface area (TPSA) is 196 Å². The fourth-order valence-electron chi connectivity index (χ4n) is 4.23. The Balaban J connectivity index is 1.90. The lowest BCUT2D eigenvalue weighted by atomic mass is 9.98. The summed E-state index contributed by atoms with van der Waals surface area (Å²) in [4.78, 5) is 12.3. The van der Waals surface area contributed by atoms with Crippen LogP contribution in [0, 0.1) is 0 Å². The van der Waals surface area contributed by atoms with E-state index in [1.165, 1.54) is 19.3 Å². The molecule has 12 heteroatoms. The number of ether oxygens (including phenoxy) is 4. The predicted octanol–water partition coefficient (Wildman–Crippen LogP) is -1.32. The van der Waals surface area contributed by atoms with Crippen molar-refractivity contribution in [3.8, 4) is 0 Å². The SMILES string of the molecule is CCCCCCCCCCC(=O)O[C@@H]1[C@@H](O)[C@@H](O[C@H]2O[C@H](CO)[C@@H](O)[C@H](O)[C@H]2O)O[C@H](CO)[C@H]1O. The smallest absolute Gasteiger partial charge is 0.306 e. The second-order valence-electron chi connectivity index (χ2n) is 9.22. The molecule has 2 aliphatic rings. The molecule has 0 unspecified atom stereocenters. The second-order valence-corrected chi connectivity index (χ2v) is 9.22. The van der Waals surface area contributed by atoms with E-state index in [9.17, 15) is 40.5 Å². The Kier molecular flexibility index (Phi) is 13.3. The minimum atomic E-state index is -1.76. The summed E-state index contributed by atoms with van der Waals surface area (Å²) in [5.74, 6) is -0.635. The molecule has 0 bridgehead atoms. The Morgan fingerprint density at radius 1 is 0.686 bits per heavy atom. The van der Waals surface area contributed by atoms with E-state index in [0.717, 1.165) is 25.7 Å². The highest BCUT2D eigenvalue weighted by molar-refractivity contribution is 5.69. The molecular formula is C23H42O12. The summed E-state index contributed by atoms with van der Waals surface area (Å²) in [5, 5.41) is 69.9. The number of carbonyl (C=O) groups excluding carboxylic acids is 1. The Morgan fingerprint density at radius 2 is 1.20 bits per heavy atom. The summed E-state index contributed by atoms with van der Waals surface area (Å²) in [6.07, 6.45) is -7.23. The first-order valence-corrected chi connectivity index (χ1v) is 12.5. The van der Waals surface area contributed by atoms with Gasteiger partial charge in [0.05, 0.1) is 13.2 Å². The zero-order chi connectivity index (χ0) is 26.0. The highest BCUT2D eigenvalue weighted by Crippen LogP contribution is 2.29. The quantitative estimate of drug-likeness (QED) is 0.108. The van der Waals surface area contributed by atoms with Gasteiger partial charge in [0.15, 0.2) is 18.7 Å². The van der Waals surface area contributed by atoms with Crippen LogP contribution in [0.4, 0.5) is 0 Å². The van der Waals surface area contributed by atoms with Crippen LogP contribution >= 0.6 is 0 Å². The van der Waals surface area contributed by atoms with Crippen molar-refractivity contribution in [1.29, 1.82) is 0 Å². The van der Waals surface area contributed by atoms with Gasteiger partial charge >= 0.3 is 5.97 Å². The summed E-state index contributed by atoms with van der Waals surface area (Å²) < 4.78 is 21.3. The first-order valence-electron chi connectivity index (χ1n) is 12.5. The van der Waals surface area contributed by atoms with Crippen molar-refractivity contribution >= 4 is 5.97 Å². The molecule has 0 aromatic heterocycles. The molecule has 2 aliphatic heterocycles. The number of hydrogen-bond acceptors (Lipinski definition) is 12. The molecule has 12 nitrogen and oxygen atoms in total. The van der Waals surface area contributed by atoms with Crippen LogP contribution in [0.25, 0.3) is 0 Å². The van der Waals surface area contributed by atoms with Crippen molar-refractivity contribution in [3.63, 3.8) is 0 Å². The Bertz CT molecular complexity index is 605. The lowest BCUT2D eigenvalue weighted by molar-refractivity contribution is -0.376. The van der Waals surface area contributed by atoms with Gasteiger partial charge in [-0.05, 0) is 6.42 Å². The average molecular weight is 511 g/mol. The fraction of sp³-hybridized carbons (Fsp3) is 0.957. The second kappa shape index (κ2) is 15.4. The van der Waals surface area contributed by atoms with Crippen LogP contribution in [0.15, 0.2) is 0 Å². The molecule has 2 heterocycles. The van der Waals surface area contributed by atoms with Crippen LogP contribution in [-0.4, -0.2) is 116 Å². The van der Waals surface area contributed by atoms with Gasteiger partial charge in [-0.15, -0.1) is 0 Å². The van der Waals surface area contributed by atoms with Crippen molar-refractivity contribution in [2.24, 2.45) is 0 Å². The summed E-state index contributed by atoms with van der Waals surface area (Å²) in [6.45, 7) is 0.786. The zero-order valence-electron chi connectivity index (χ0n) is 20.2. The normalized spacial score (nSPS) is 37.8. The van der Waals surface area contributed by atoms with E-state index in [-0.39, 0.29) is 6.42 Å². The van der Waals surface area contributed by atoms with E-state index in [2.05, 4.69) is 6.92 Å². The van der Waals surface area contributed by atoms with Crippen LogP contribution < -0.4 is 0 Å². The molecule has 2 rings (SSSR count). The maximum Gasteiger partial charge on any atom is 0.306 e. The van der Waals surface area contributed by atoms with Crippen LogP contribution in [0.3, 0.4) is 0 Å². The van der Waals surface area contributed by atoms with Crippen LogP contribution in [0.2, 0.25) is 0 Å². The minimum absolute atomic E-state index is 0.0911. The molecule has 0 aromatic rings. The maximum atomic E-state index is 12.3.